The van der Waals surface area contributed by atoms with E-state index in [1.165, 1.54) is 12.8 Å². The Morgan fingerprint density at radius 3 is 1.82 bits per heavy atom. The number of rotatable bonds is 6. The van der Waals surface area contributed by atoms with E-state index in [1.54, 1.807) is 0 Å². The SMILES string of the molecule is CCC.CCC.CCN[C@@H](C=O)CCC(=O)O. The Balaban J connectivity index is -0.000000273. The van der Waals surface area contributed by atoms with E-state index >= 15 is 0 Å². The highest BCUT2D eigenvalue weighted by Crippen LogP contribution is 1.93. The van der Waals surface area contributed by atoms with Gasteiger partial charge in [-0.25, -0.2) is 0 Å². The quantitative estimate of drug-likeness (QED) is 0.708. The molecule has 0 saturated carbocycles. The Hall–Kier alpha value is -0.900. The molecule has 0 spiro atoms. The van der Waals surface area contributed by atoms with E-state index in [9.17, 15) is 9.59 Å². The molecule has 0 fully saturated rings. The number of likely N-dealkylation sites (N-methyl/N-ethyl adjacent to an activating group) is 1. The van der Waals surface area contributed by atoms with Crippen molar-refractivity contribution in [3.63, 3.8) is 0 Å². The van der Waals surface area contributed by atoms with Gasteiger partial charge in [-0.15, -0.1) is 0 Å². The summed E-state index contributed by atoms with van der Waals surface area (Å²) >= 11 is 0. The molecule has 4 nitrogen and oxygen atoms in total. The van der Waals surface area contributed by atoms with Crippen LogP contribution in [-0.2, 0) is 9.59 Å². The standard InChI is InChI=1S/C7H13NO3.2C3H8/c1-2-8-6(5-9)3-4-7(10)11;2*1-3-2/h5-6,8H,2-4H2,1H3,(H,10,11);2*3H2,1-2H3/t6-;;/m1../s1. The van der Waals surface area contributed by atoms with E-state index in [4.69, 9.17) is 5.11 Å². The van der Waals surface area contributed by atoms with Gasteiger partial charge in [0.2, 0.25) is 0 Å². The van der Waals surface area contributed by atoms with Crippen LogP contribution in [0, 0.1) is 0 Å². The largest absolute Gasteiger partial charge is 0.481 e. The van der Waals surface area contributed by atoms with E-state index in [2.05, 4.69) is 33.0 Å². The zero-order chi connectivity index (χ0) is 14.1. The van der Waals surface area contributed by atoms with Crippen LogP contribution in [0.1, 0.15) is 60.3 Å². The van der Waals surface area contributed by atoms with Crippen LogP contribution >= 0.6 is 0 Å². The van der Waals surface area contributed by atoms with Crippen molar-refractivity contribution in [2.75, 3.05) is 6.54 Å². The molecule has 4 heteroatoms. The molecule has 0 saturated heterocycles. The van der Waals surface area contributed by atoms with Gasteiger partial charge in [-0.05, 0) is 13.0 Å². The Morgan fingerprint density at radius 2 is 1.59 bits per heavy atom. The normalized spacial score (nSPS) is 10.2. The molecule has 0 aliphatic heterocycles. The number of carbonyl (C=O) groups is 2. The highest BCUT2D eigenvalue weighted by Gasteiger charge is 2.06. The predicted molar refractivity (Wildman–Crippen MR) is 72.3 cm³/mol. The Labute approximate surface area is 106 Å². The van der Waals surface area contributed by atoms with E-state index < -0.39 is 5.97 Å². The van der Waals surface area contributed by atoms with Gasteiger partial charge >= 0.3 is 5.97 Å². The number of hydrogen-bond acceptors (Lipinski definition) is 3. The van der Waals surface area contributed by atoms with Gasteiger partial charge in [0, 0.05) is 6.42 Å². The summed E-state index contributed by atoms with van der Waals surface area (Å²) in [6.07, 6.45) is 3.65. The van der Waals surface area contributed by atoms with Gasteiger partial charge in [0.15, 0.2) is 0 Å². The van der Waals surface area contributed by atoms with Crippen LogP contribution in [0.4, 0.5) is 0 Å². The third-order valence-electron chi connectivity index (χ3n) is 1.30. The summed E-state index contributed by atoms with van der Waals surface area (Å²) in [6, 6.07) is -0.309. The molecule has 104 valence electrons. The fourth-order valence-corrected chi connectivity index (χ4v) is 0.759. The first-order valence-corrected chi connectivity index (χ1v) is 6.44. The zero-order valence-corrected chi connectivity index (χ0v) is 12.0. The van der Waals surface area contributed by atoms with Gasteiger partial charge in [0.25, 0.3) is 0 Å². The molecule has 0 aromatic rings. The van der Waals surface area contributed by atoms with Crippen LogP contribution in [0.2, 0.25) is 0 Å². The highest BCUT2D eigenvalue weighted by molar-refractivity contribution is 5.68. The lowest BCUT2D eigenvalue weighted by Crippen LogP contribution is -2.30. The van der Waals surface area contributed by atoms with Crippen LogP contribution < -0.4 is 5.32 Å². The van der Waals surface area contributed by atoms with E-state index in [0.717, 1.165) is 6.29 Å². The van der Waals surface area contributed by atoms with Gasteiger partial charge in [-0.2, -0.15) is 0 Å². The first-order chi connectivity index (χ1) is 8.03. The number of aldehydes is 1. The summed E-state index contributed by atoms with van der Waals surface area (Å²) in [5, 5.41) is 11.1. The lowest BCUT2D eigenvalue weighted by atomic mass is 10.2. The van der Waals surface area contributed by atoms with Crippen molar-refractivity contribution in [3.05, 3.63) is 0 Å². The molecule has 0 aromatic heterocycles. The molecule has 0 amide bonds. The summed E-state index contributed by atoms with van der Waals surface area (Å²) < 4.78 is 0. The number of hydrogen-bond donors (Lipinski definition) is 2. The monoisotopic (exact) mass is 247 g/mol. The fourth-order valence-electron chi connectivity index (χ4n) is 0.759. The minimum absolute atomic E-state index is 0.0381. The van der Waals surface area contributed by atoms with Gasteiger partial charge in [-0.1, -0.05) is 47.5 Å². The maximum absolute atomic E-state index is 10.3. The molecular formula is C13H29NO3. The van der Waals surface area contributed by atoms with Crippen molar-refractivity contribution in [1.29, 1.82) is 0 Å². The third-order valence-corrected chi connectivity index (χ3v) is 1.30. The van der Waals surface area contributed by atoms with E-state index in [1.807, 2.05) is 6.92 Å². The van der Waals surface area contributed by atoms with Crippen molar-refractivity contribution in [3.8, 4) is 0 Å². The molecule has 0 aliphatic carbocycles. The summed E-state index contributed by atoms with van der Waals surface area (Å²) in [4.78, 5) is 20.3. The number of carbonyl (C=O) groups excluding carboxylic acids is 1. The van der Waals surface area contributed by atoms with Crippen molar-refractivity contribution in [2.45, 2.75) is 66.3 Å². The van der Waals surface area contributed by atoms with Gasteiger partial charge < -0.3 is 15.2 Å². The molecule has 0 aromatic carbocycles. The molecule has 17 heavy (non-hydrogen) atoms. The molecule has 2 N–H and O–H groups in total. The lowest BCUT2D eigenvalue weighted by molar-refractivity contribution is -0.137. The molecule has 0 heterocycles. The van der Waals surface area contributed by atoms with Gasteiger partial charge in [-0.3, -0.25) is 4.79 Å². The summed E-state index contributed by atoms with van der Waals surface area (Å²) in [7, 11) is 0. The molecule has 0 radical (unpaired) electrons. The van der Waals surface area contributed by atoms with Crippen LogP contribution in [0.3, 0.4) is 0 Å². The maximum Gasteiger partial charge on any atom is 0.303 e. The maximum atomic E-state index is 10.3. The van der Waals surface area contributed by atoms with Crippen molar-refractivity contribution in [1.82, 2.24) is 5.32 Å². The van der Waals surface area contributed by atoms with Gasteiger partial charge in [0.05, 0.1) is 6.04 Å². The van der Waals surface area contributed by atoms with Crippen LogP contribution in [0.5, 0.6) is 0 Å². The number of nitrogens with one attached hydrogen (secondary N) is 1. The molecule has 1 atom stereocenters. The average molecular weight is 247 g/mol. The Kier molecular flexibility index (Phi) is 25.8. The number of carboxylic acid groups (broad SMARTS) is 1. The summed E-state index contributed by atoms with van der Waals surface area (Å²) in [5.41, 5.74) is 0. The second-order valence-electron chi connectivity index (χ2n) is 3.65. The smallest absolute Gasteiger partial charge is 0.303 e. The van der Waals surface area contributed by atoms with E-state index in [-0.39, 0.29) is 12.5 Å². The summed E-state index contributed by atoms with van der Waals surface area (Å²) in [5.74, 6) is -0.866. The lowest BCUT2D eigenvalue weighted by Gasteiger charge is -2.07. The van der Waals surface area contributed by atoms with Crippen LogP contribution in [0.15, 0.2) is 0 Å². The second kappa shape index (κ2) is 20.5. The van der Waals surface area contributed by atoms with Gasteiger partial charge in [0.1, 0.15) is 6.29 Å². The molecule has 0 rings (SSSR count). The average Bonchev–Trinajstić information content (AvgIpc) is 2.26. The first-order valence-electron chi connectivity index (χ1n) is 6.44. The van der Waals surface area contributed by atoms with E-state index in [0.29, 0.717) is 13.0 Å². The van der Waals surface area contributed by atoms with Crippen LogP contribution in [0.25, 0.3) is 0 Å². The highest BCUT2D eigenvalue weighted by atomic mass is 16.4. The van der Waals surface area contributed by atoms with Crippen molar-refractivity contribution >= 4 is 12.3 Å². The number of aliphatic carboxylic acids is 1. The molecule has 0 bridgehead atoms. The molecule has 0 unspecified atom stereocenters. The first kappa shape index (κ1) is 21.4. The molecular weight excluding hydrogens is 218 g/mol. The van der Waals surface area contributed by atoms with Crippen molar-refractivity contribution < 1.29 is 14.7 Å². The third kappa shape index (κ3) is 31.3. The minimum atomic E-state index is -0.866. The van der Waals surface area contributed by atoms with Crippen molar-refractivity contribution in [2.24, 2.45) is 0 Å². The minimum Gasteiger partial charge on any atom is -0.481 e. The second-order valence-corrected chi connectivity index (χ2v) is 3.65. The predicted octanol–water partition coefficient (Wildman–Crippen LogP) is 2.86. The zero-order valence-electron chi connectivity index (χ0n) is 12.0. The Bertz CT molecular complexity index is 159. The Morgan fingerprint density at radius 1 is 1.18 bits per heavy atom. The molecule has 0 aliphatic rings. The fraction of sp³-hybridized carbons (Fsp3) is 0.846. The van der Waals surface area contributed by atoms with Crippen LogP contribution in [-0.4, -0.2) is 29.9 Å². The summed E-state index contributed by atoms with van der Waals surface area (Å²) in [6.45, 7) is 11.1. The topological polar surface area (TPSA) is 66.4 Å². The number of carboxylic acids is 1.